The molecule has 4 nitrogen and oxygen atoms in total. The molecule has 0 aliphatic rings. The molecule has 0 spiro atoms. The van der Waals surface area contributed by atoms with Gasteiger partial charge in [0.2, 0.25) is 0 Å². The second-order valence-electron chi connectivity index (χ2n) is 4.93. The van der Waals surface area contributed by atoms with Gasteiger partial charge in [-0.1, -0.05) is 30.0 Å². The van der Waals surface area contributed by atoms with E-state index in [4.69, 9.17) is 0 Å². The van der Waals surface area contributed by atoms with Gasteiger partial charge in [-0.2, -0.15) is 0 Å². The predicted octanol–water partition coefficient (Wildman–Crippen LogP) is 2.61. The highest BCUT2D eigenvalue weighted by Gasteiger charge is 2.18. The summed E-state index contributed by atoms with van der Waals surface area (Å²) >= 11 is 1.13. The molecular weight excluding hydrogens is 288 g/mol. The van der Waals surface area contributed by atoms with Crippen LogP contribution in [0.25, 0.3) is 10.8 Å². The number of carbonyl (C=O) groups is 1. The summed E-state index contributed by atoms with van der Waals surface area (Å²) in [6.07, 6.45) is -1.60. The maximum atomic E-state index is 10.8. The summed E-state index contributed by atoms with van der Waals surface area (Å²) in [6.45, 7) is 1.48. The Kier molecular flexibility index (Phi) is 5.22. The van der Waals surface area contributed by atoms with Crippen molar-refractivity contribution >= 4 is 27.6 Å². The maximum Gasteiger partial charge on any atom is 0.185 e. The summed E-state index contributed by atoms with van der Waals surface area (Å²) in [5.74, 6) is 0.634. The van der Waals surface area contributed by atoms with E-state index in [9.17, 15) is 20.1 Å². The Morgan fingerprint density at radius 1 is 1.14 bits per heavy atom. The molecule has 0 aliphatic carbocycles. The molecule has 5 heteroatoms. The normalized spacial score (nSPS) is 14.0. The van der Waals surface area contributed by atoms with Gasteiger partial charge >= 0.3 is 0 Å². The number of phenolic OH excluding ortho intramolecular Hbond substituents is 1. The molecule has 0 aliphatic heterocycles. The lowest BCUT2D eigenvalue weighted by molar-refractivity contribution is -0.109. The summed E-state index contributed by atoms with van der Waals surface area (Å²) in [6, 6.07) is 10.4. The largest absolute Gasteiger partial charge is 0.508 e. The third-order valence-electron chi connectivity index (χ3n) is 3.27. The van der Waals surface area contributed by atoms with Crippen molar-refractivity contribution in [2.75, 3.05) is 5.75 Å². The second-order valence-corrected chi connectivity index (χ2v) is 6.20. The number of aromatic hydroxyl groups is 1. The average molecular weight is 306 g/mol. The molecule has 2 aromatic carbocycles. The fraction of sp³-hybridized carbons (Fsp3) is 0.312. The van der Waals surface area contributed by atoms with Crippen LogP contribution in [0.2, 0.25) is 0 Å². The van der Waals surface area contributed by atoms with Crippen molar-refractivity contribution in [3.8, 4) is 5.75 Å². The predicted molar refractivity (Wildman–Crippen MR) is 84.3 cm³/mol. The molecule has 2 atom stereocenters. The van der Waals surface area contributed by atoms with E-state index >= 15 is 0 Å². The Balaban J connectivity index is 2.11. The van der Waals surface area contributed by atoms with Crippen LogP contribution in [0.4, 0.5) is 0 Å². The number of rotatable bonds is 5. The Hall–Kier alpha value is -1.56. The second kappa shape index (κ2) is 6.93. The minimum atomic E-state index is -1.01. The van der Waals surface area contributed by atoms with Gasteiger partial charge in [0.05, 0.1) is 6.10 Å². The number of carbonyl (C=O) groups excluding carboxylic acids is 1. The lowest BCUT2D eigenvalue weighted by atomic mass is 9.99. The van der Waals surface area contributed by atoms with Crippen LogP contribution in [-0.2, 0) is 4.79 Å². The Bertz CT molecular complexity index is 641. The fourth-order valence-electron chi connectivity index (χ4n) is 2.14. The first-order valence-electron chi connectivity index (χ1n) is 6.69. The van der Waals surface area contributed by atoms with Gasteiger partial charge in [-0.25, -0.2) is 0 Å². The lowest BCUT2D eigenvalue weighted by Gasteiger charge is -2.18. The number of hydrogen-bond donors (Lipinski definition) is 3. The quantitative estimate of drug-likeness (QED) is 0.791. The summed E-state index contributed by atoms with van der Waals surface area (Å²) in [7, 11) is 0. The van der Waals surface area contributed by atoms with Gasteiger partial charge < -0.3 is 15.3 Å². The van der Waals surface area contributed by atoms with Gasteiger partial charge in [0.25, 0.3) is 0 Å². The Labute approximate surface area is 127 Å². The van der Waals surface area contributed by atoms with Crippen LogP contribution in [0, 0.1) is 0 Å². The van der Waals surface area contributed by atoms with Crippen LogP contribution in [0.3, 0.4) is 0 Å². The molecule has 0 saturated heterocycles. The van der Waals surface area contributed by atoms with Crippen molar-refractivity contribution in [1.82, 2.24) is 0 Å². The number of aliphatic hydroxyl groups excluding tert-OH is 2. The highest BCUT2D eigenvalue weighted by Crippen LogP contribution is 2.26. The van der Waals surface area contributed by atoms with E-state index in [1.807, 2.05) is 6.07 Å². The minimum absolute atomic E-state index is 0.00197. The maximum absolute atomic E-state index is 10.8. The zero-order valence-corrected chi connectivity index (χ0v) is 12.5. The van der Waals surface area contributed by atoms with Crippen molar-refractivity contribution in [1.29, 1.82) is 0 Å². The SMILES string of the molecule is CC(=O)SCCC(O)C(O)c1ccc2ccc(O)cc2c1. The standard InChI is InChI=1S/C16H18O4S/c1-10(17)21-7-6-15(19)16(20)12-3-2-11-4-5-14(18)9-13(11)8-12/h2-5,8-9,15-16,18-20H,6-7H2,1H3. The van der Waals surface area contributed by atoms with E-state index in [0.717, 1.165) is 22.5 Å². The highest BCUT2D eigenvalue weighted by atomic mass is 32.2. The molecule has 0 bridgehead atoms. The molecule has 0 radical (unpaired) electrons. The van der Waals surface area contributed by atoms with Crippen LogP contribution >= 0.6 is 11.8 Å². The van der Waals surface area contributed by atoms with E-state index in [0.29, 0.717) is 17.7 Å². The number of fused-ring (bicyclic) bond motifs is 1. The zero-order chi connectivity index (χ0) is 15.4. The first-order chi connectivity index (χ1) is 9.97. The average Bonchev–Trinajstić information content (AvgIpc) is 2.45. The molecule has 3 N–H and O–H groups in total. The van der Waals surface area contributed by atoms with Gasteiger partial charge in [0.1, 0.15) is 11.9 Å². The molecule has 0 fully saturated rings. The third kappa shape index (κ3) is 4.20. The Morgan fingerprint density at radius 2 is 1.86 bits per heavy atom. The zero-order valence-electron chi connectivity index (χ0n) is 11.7. The van der Waals surface area contributed by atoms with Gasteiger partial charge in [-0.05, 0) is 41.0 Å². The summed E-state index contributed by atoms with van der Waals surface area (Å²) < 4.78 is 0. The number of benzene rings is 2. The fourth-order valence-corrected chi connectivity index (χ4v) is 2.79. The molecule has 21 heavy (non-hydrogen) atoms. The van der Waals surface area contributed by atoms with Crippen molar-refractivity contribution in [3.63, 3.8) is 0 Å². The van der Waals surface area contributed by atoms with Gasteiger partial charge in [-0.3, -0.25) is 4.79 Å². The molecule has 0 amide bonds. The molecule has 2 unspecified atom stereocenters. The van der Waals surface area contributed by atoms with Crippen molar-refractivity contribution in [2.24, 2.45) is 0 Å². The summed E-state index contributed by atoms with van der Waals surface area (Å²) in [5, 5.41) is 31.4. The van der Waals surface area contributed by atoms with Crippen LogP contribution < -0.4 is 0 Å². The summed E-state index contributed by atoms with van der Waals surface area (Å²) in [4.78, 5) is 10.8. The molecule has 0 heterocycles. The smallest absolute Gasteiger partial charge is 0.185 e. The first kappa shape index (κ1) is 15.8. The monoisotopic (exact) mass is 306 g/mol. The topological polar surface area (TPSA) is 77.8 Å². The summed E-state index contributed by atoms with van der Waals surface area (Å²) in [5.41, 5.74) is 0.591. The number of phenols is 1. The number of thioether (sulfide) groups is 1. The first-order valence-corrected chi connectivity index (χ1v) is 7.68. The minimum Gasteiger partial charge on any atom is -0.508 e. The highest BCUT2D eigenvalue weighted by molar-refractivity contribution is 8.13. The van der Waals surface area contributed by atoms with Crippen LogP contribution in [0.1, 0.15) is 25.0 Å². The molecular formula is C16H18O4S. The van der Waals surface area contributed by atoms with Crippen LogP contribution in [0.5, 0.6) is 5.75 Å². The Morgan fingerprint density at radius 3 is 2.57 bits per heavy atom. The molecule has 2 rings (SSSR count). The van der Waals surface area contributed by atoms with E-state index in [1.54, 1.807) is 30.3 Å². The van der Waals surface area contributed by atoms with Crippen LogP contribution in [0.15, 0.2) is 36.4 Å². The van der Waals surface area contributed by atoms with Gasteiger partial charge in [0.15, 0.2) is 5.12 Å². The van der Waals surface area contributed by atoms with Crippen molar-refractivity contribution < 1.29 is 20.1 Å². The van der Waals surface area contributed by atoms with E-state index in [1.165, 1.54) is 6.92 Å². The lowest BCUT2D eigenvalue weighted by Crippen LogP contribution is -2.19. The number of hydrogen-bond acceptors (Lipinski definition) is 5. The van der Waals surface area contributed by atoms with E-state index < -0.39 is 12.2 Å². The van der Waals surface area contributed by atoms with Crippen molar-refractivity contribution in [2.45, 2.75) is 25.6 Å². The molecule has 112 valence electrons. The van der Waals surface area contributed by atoms with E-state index in [2.05, 4.69) is 0 Å². The number of aliphatic hydroxyl groups is 2. The van der Waals surface area contributed by atoms with Gasteiger partial charge in [-0.15, -0.1) is 0 Å². The van der Waals surface area contributed by atoms with Crippen LogP contribution in [-0.4, -0.2) is 32.3 Å². The molecule has 2 aromatic rings. The van der Waals surface area contributed by atoms with Gasteiger partial charge in [0, 0.05) is 12.7 Å². The molecule has 0 saturated carbocycles. The molecule has 0 aromatic heterocycles. The van der Waals surface area contributed by atoms with E-state index in [-0.39, 0.29) is 10.9 Å². The third-order valence-corrected chi connectivity index (χ3v) is 4.12. The van der Waals surface area contributed by atoms with Crippen molar-refractivity contribution in [3.05, 3.63) is 42.0 Å².